The molecular formula is C13H19O3Si. The monoisotopic (exact) mass is 251 g/mol. The summed E-state index contributed by atoms with van der Waals surface area (Å²) in [5.74, 6) is 1.19. The summed E-state index contributed by atoms with van der Waals surface area (Å²) in [4.78, 5) is 11.9. The van der Waals surface area contributed by atoms with Gasteiger partial charge in [0.15, 0.2) is 0 Å². The third-order valence-electron chi connectivity index (χ3n) is 4.88. The van der Waals surface area contributed by atoms with Gasteiger partial charge in [-0.3, -0.25) is 4.79 Å². The highest BCUT2D eigenvalue weighted by Gasteiger charge is 2.61. The summed E-state index contributed by atoms with van der Waals surface area (Å²) < 4.78 is 11.1. The summed E-state index contributed by atoms with van der Waals surface area (Å²) in [7, 11) is 3.46. The number of fused-ring (bicyclic) bond motifs is 3. The predicted octanol–water partition coefficient (Wildman–Crippen LogP) is 1.71. The molecule has 4 unspecified atom stereocenters. The normalized spacial score (nSPS) is 43.6. The van der Waals surface area contributed by atoms with Crippen molar-refractivity contribution in [2.45, 2.75) is 44.3 Å². The molecule has 1 heterocycles. The first-order valence-corrected chi connectivity index (χ1v) is 7.40. The van der Waals surface area contributed by atoms with Gasteiger partial charge in [0.05, 0.1) is 18.1 Å². The Labute approximate surface area is 106 Å². The lowest BCUT2D eigenvalue weighted by Gasteiger charge is -2.33. The van der Waals surface area contributed by atoms with Crippen LogP contribution >= 0.6 is 0 Å². The first-order valence-electron chi connectivity index (χ1n) is 6.70. The van der Waals surface area contributed by atoms with Gasteiger partial charge in [-0.25, -0.2) is 0 Å². The molecule has 3 fully saturated rings. The van der Waals surface area contributed by atoms with Crippen LogP contribution < -0.4 is 0 Å². The van der Waals surface area contributed by atoms with Gasteiger partial charge in [-0.05, 0) is 43.9 Å². The number of ether oxygens (including phenoxy) is 2. The molecule has 3 radical (unpaired) electrons. The summed E-state index contributed by atoms with van der Waals surface area (Å²) in [6.45, 7) is 1.48. The second-order valence-electron chi connectivity index (χ2n) is 5.69. The van der Waals surface area contributed by atoms with Gasteiger partial charge in [0.25, 0.3) is 0 Å². The van der Waals surface area contributed by atoms with Crippen LogP contribution in [-0.2, 0) is 14.3 Å². The Morgan fingerprint density at radius 1 is 1.47 bits per heavy atom. The van der Waals surface area contributed by atoms with Crippen LogP contribution in [0.25, 0.3) is 0 Å². The lowest BCUT2D eigenvalue weighted by molar-refractivity contribution is -0.150. The van der Waals surface area contributed by atoms with Gasteiger partial charge < -0.3 is 9.47 Å². The van der Waals surface area contributed by atoms with E-state index in [0.717, 1.165) is 38.3 Å². The first kappa shape index (κ1) is 11.7. The highest BCUT2D eigenvalue weighted by Crippen LogP contribution is 2.60. The summed E-state index contributed by atoms with van der Waals surface area (Å²) >= 11 is 0. The number of esters is 1. The highest BCUT2D eigenvalue weighted by atomic mass is 28.1. The fraction of sp³-hybridized carbons (Fsp3) is 0.923. The van der Waals surface area contributed by atoms with E-state index >= 15 is 0 Å². The Morgan fingerprint density at radius 3 is 2.94 bits per heavy atom. The first-order chi connectivity index (χ1) is 8.26. The molecule has 0 amide bonds. The number of carbonyl (C=O) groups is 1. The third kappa shape index (κ3) is 1.76. The van der Waals surface area contributed by atoms with Crippen LogP contribution in [0.2, 0.25) is 6.04 Å². The van der Waals surface area contributed by atoms with E-state index in [1.54, 1.807) is 0 Å². The Morgan fingerprint density at radius 2 is 2.35 bits per heavy atom. The standard InChI is InChI=1S/C13H19O3Si/c14-12-13(2-4-16-12)8-9-6-10(13)7-11(9)15-3-1-5-17/h9-11H,1-8H2. The summed E-state index contributed by atoms with van der Waals surface area (Å²) in [6, 6.07) is 0.997. The number of hydrogen-bond donors (Lipinski definition) is 0. The quantitative estimate of drug-likeness (QED) is 0.433. The van der Waals surface area contributed by atoms with Crippen LogP contribution in [0.3, 0.4) is 0 Å². The molecular weight excluding hydrogens is 232 g/mol. The average molecular weight is 251 g/mol. The largest absolute Gasteiger partial charge is 0.465 e. The number of cyclic esters (lactones) is 1. The van der Waals surface area contributed by atoms with Crippen LogP contribution in [-0.4, -0.2) is 35.5 Å². The molecule has 4 atom stereocenters. The average Bonchev–Trinajstić information content (AvgIpc) is 2.96. The molecule has 0 aromatic carbocycles. The van der Waals surface area contributed by atoms with Gasteiger partial charge >= 0.3 is 5.97 Å². The van der Waals surface area contributed by atoms with E-state index in [1.165, 1.54) is 6.42 Å². The molecule has 1 aliphatic heterocycles. The molecule has 4 heteroatoms. The number of rotatable bonds is 4. The van der Waals surface area contributed by atoms with Gasteiger partial charge in [0.2, 0.25) is 0 Å². The molecule has 3 rings (SSSR count). The molecule has 0 N–H and O–H groups in total. The van der Waals surface area contributed by atoms with Gasteiger partial charge in [-0.1, -0.05) is 6.04 Å². The molecule has 2 bridgehead atoms. The maximum absolute atomic E-state index is 11.9. The Balaban J connectivity index is 1.60. The lowest BCUT2D eigenvalue weighted by atomic mass is 9.71. The molecule has 0 aromatic heterocycles. The smallest absolute Gasteiger partial charge is 0.312 e. The highest BCUT2D eigenvalue weighted by molar-refractivity contribution is 6.08. The van der Waals surface area contributed by atoms with Crippen molar-refractivity contribution in [2.24, 2.45) is 17.3 Å². The molecule has 2 saturated carbocycles. The van der Waals surface area contributed by atoms with Crippen LogP contribution in [0.15, 0.2) is 0 Å². The molecule has 0 aromatic rings. The van der Waals surface area contributed by atoms with E-state index in [-0.39, 0.29) is 11.4 Å². The lowest BCUT2D eigenvalue weighted by Crippen LogP contribution is -2.37. The zero-order valence-corrected chi connectivity index (χ0v) is 11.1. The minimum absolute atomic E-state index is 0.0728. The number of hydrogen-bond acceptors (Lipinski definition) is 3. The van der Waals surface area contributed by atoms with Crippen LogP contribution in [0.5, 0.6) is 0 Å². The summed E-state index contributed by atoms with van der Waals surface area (Å²) in [5.41, 5.74) is -0.112. The molecule has 93 valence electrons. The SMILES string of the molecule is O=C1OCCC12CC1CC2CC1OCCC[Si]. The van der Waals surface area contributed by atoms with Gasteiger partial charge in [-0.2, -0.15) is 0 Å². The van der Waals surface area contributed by atoms with Crippen molar-refractivity contribution in [3.8, 4) is 0 Å². The van der Waals surface area contributed by atoms with Crippen LogP contribution in [0.1, 0.15) is 32.1 Å². The van der Waals surface area contributed by atoms with Crippen molar-refractivity contribution in [2.75, 3.05) is 13.2 Å². The van der Waals surface area contributed by atoms with E-state index in [1.807, 2.05) is 0 Å². The van der Waals surface area contributed by atoms with Crippen molar-refractivity contribution in [1.82, 2.24) is 0 Å². The zero-order chi connectivity index (χ0) is 11.9. The van der Waals surface area contributed by atoms with Gasteiger partial charge in [-0.15, -0.1) is 0 Å². The van der Waals surface area contributed by atoms with E-state index in [0.29, 0.717) is 24.5 Å². The fourth-order valence-electron chi connectivity index (χ4n) is 4.03. The van der Waals surface area contributed by atoms with Crippen LogP contribution in [0, 0.1) is 17.3 Å². The molecule has 1 saturated heterocycles. The van der Waals surface area contributed by atoms with Crippen molar-refractivity contribution >= 4 is 16.2 Å². The molecule has 1 spiro atoms. The Hall–Kier alpha value is -0.353. The van der Waals surface area contributed by atoms with Gasteiger partial charge in [0, 0.05) is 16.8 Å². The second-order valence-corrected chi connectivity index (χ2v) is 6.19. The maximum atomic E-state index is 11.9. The Kier molecular flexibility index (Phi) is 3.03. The summed E-state index contributed by atoms with van der Waals surface area (Å²) in [6.07, 6.45) is 5.67. The molecule has 3 aliphatic rings. The fourth-order valence-corrected chi connectivity index (χ4v) is 4.17. The number of carbonyl (C=O) groups excluding carboxylic acids is 1. The van der Waals surface area contributed by atoms with E-state index in [9.17, 15) is 4.79 Å². The zero-order valence-electron chi connectivity index (χ0n) is 10.1. The van der Waals surface area contributed by atoms with Crippen molar-refractivity contribution < 1.29 is 14.3 Å². The third-order valence-corrected chi connectivity index (χ3v) is 5.23. The summed E-state index contributed by atoms with van der Waals surface area (Å²) in [5, 5.41) is 0. The molecule has 17 heavy (non-hydrogen) atoms. The molecule has 3 nitrogen and oxygen atoms in total. The minimum atomic E-state index is -0.112. The predicted molar refractivity (Wildman–Crippen MR) is 63.8 cm³/mol. The van der Waals surface area contributed by atoms with Gasteiger partial charge in [0.1, 0.15) is 0 Å². The maximum Gasteiger partial charge on any atom is 0.312 e. The van der Waals surface area contributed by atoms with Crippen LogP contribution in [0.4, 0.5) is 0 Å². The van der Waals surface area contributed by atoms with E-state index in [2.05, 4.69) is 10.2 Å². The molecule has 2 aliphatic carbocycles. The topological polar surface area (TPSA) is 35.5 Å². The van der Waals surface area contributed by atoms with Crippen molar-refractivity contribution in [3.63, 3.8) is 0 Å². The van der Waals surface area contributed by atoms with E-state index < -0.39 is 0 Å². The van der Waals surface area contributed by atoms with Crippen molar-refractivity contribution in [3.05, 3.63) is 0 Å². The second kappa shape index (κ2) is 4.39. The minimum Gasteiger partial charge on any atom is -0.465 e. The van der Waals surface area contributed by atoms with E-state index in [4.69, 9.17) is 9.47 Å². The van der Waals surface area contributed by atoms with Crippen molar-refractivity contribution in [1.29, 1.82) is 0 Å². The Bertz CT molecular complexity index is 320.